The number of benzene rings is 2. The summed E-state index contributed by atoms with van der Waals surface area (Å²) >= 11 is 12.5. The number of carbonyl (C=O) groups excluding carboxylic acids is 2. The third-order valence-electron chi connectivity index (χ3n) is 5.07. The minimum atomic E-state index is -1.01. The Morgan fingerprint density at radius 3 is 2.56 bits per heavy atom. The molecule has 1 unspecified atom stereocenters. The van der Waals surface area contributed by atoms with Crippen LogP contribution in [0, 0.1) is 6.92 Å². The average molecular weight is 472 g/mol. The van der Waals surface area contributed by atoms with Crippen molar-refractivity contribution in [3.63, 3.8) is 0 Å². The molecule has 1 N–H and O–H groups in total. The number of hydrogen-bond donors (Lipinski definition) is 1. The molecule has 1 amide bonds. The van der Waals surface area contributed by atoms with Gasteiger partial charge in [0.25, 0.3) is 11.7 Å². The maximum absolute atomic E-state index is 13.1. The van der Waals surface area contributed by atoms with Crippen molar-refractivity contribution >= 4 is 46.3 Å². The van der Waals surface area contributed by atoms with E-state index in [1.807, 2.05) is 6.92 Å². The number of hydrogen-bond acceptors (Lipinski definition) is 5. The van der Waals surface area contributed by atoms with E-state index in [-0.39, 0.29) is 16.2 Å². The van der Waals surface area contributed by atoms with E-state index in [1.165, 1.54) is 11.0 Å². The van der Waals surface area contributed by atoms with Crippen LogP contribution in [-0.2, 0) is 9.59 Å². The number of aliphatic hydroxyl groups is 1. The molecule has 0 aliphatic carbocycles. The number of aryl methyl sites for hydroxylation is 1. The lowest BCUT2D eigenvalue weighted by Gasteiger charge is -2.23. The monoisotopic (exact) mass is 471 g/mol. The van der Waals surface area contributed by atoms with Crippen LogP contribution in [0.5, 0.6) is 5.75 Å². The molecule has 164 valence electrons. The fourth-order valence-corrected chi connectivity index (χ4v) is 4.07. The van der Waals surface area contributed by atoms with Gasteiger partial charge in [-0.25, -0.2) is 0 Å². The van der Waals surface area contributed by atoms with Crippen molar-refractivity contribution in [2.24, 2.45) is 0 Å². The zero-order chi connectivity index (χ0) is 23.0. The lowest BCUT2D eigenvalue weighted by atomic mass is 9.99. The minimum absolute atomic E-state index is 0.139. The molecule has 0 radical (unpaired) electrons. The van der Waals surface area contributed by atoms with Crippen molar-refractivity contribution in [2.75, 3.05) is 11.5 Å². The molecule has 1 aliphatic heterocycles. The van der Waals surface area contributed by atoms with Crippen LogP contribution in [0.3, 0.4) is 0 Å². The Morgan fingerprint density at radius 2 is 1.91 bits per heavy atom. The molecule has 2 heterocycles. The summed E-state index contributed by atoms with van der Waals surface area (Å²) in [6.07, 6.45) is 0. The minimum Gasteiger partial charge on any atom is -0.507 e. The predicted octanol–water partition coefficient (Wildman–Crippen LogP) is 5.92. The number of aliphatic hydroxyl groups excluding tert-OH is 1. The topological polar surface area (TPSA) is 80.0 Å². The number of rotatable bonds is 5. The number of furan rings is 1. The third kappa shape index (κ3) is 3.87. The number of carbonyl (C=O) groups is 2. The molecule has 0 bridgehead atoms. The van der Waals surface area contributed by atoms with E-state index in [2.05, 4.69) is 0 Å². The van der Waals surface area contributed by atoms with E-state index in [0.717, 1.165) is 0 Å². The van der Waals surface area contributed by atoms with Crippen LogP contribution >= 0.6 is 23.2 Å². The molecule has 0 saturated carbocycles. The van der Waals surface area contributed by atoms with Gasteiger partial charge < -0.3 is 14.3 Å². The van der Waals surface area contributed by atoms with E-state index in [0.29, 0.717) is 34.6 Å². The number of halogens is 2. The maximum Gasteiger partial charge on any atom is 0.300 e. The van der Waals surface area contributed by atoms with Gasteiger partial charge >= 0.3 is 0 Å². The van der Waals surface area contributed by atoms with Crippen molar-refractivity contribution < 1.29 is 23.8 Å². The van der Waals surface area contributed by atoms with Gasteiger partial charge in [0.15, 0.2) is 0 Å². The molecule has 1 aliphatic rings. The van der Waals surface area contributed by atoms with Crippen molar-refractivity contribution in [3.8, 4) is 5.75 Å². The van der Waals surface area contributed by atoms with Crippen LogP contribution in [0.4, 0.5) is 5.69 Å². The van der Waals surface area contributed by atoms with Crippen LogP contribution in [0.2, 0.25) is 10.0 Å². The largest absolute Gasteiger partial charge is 0.507 e. The molecule has 4 rings (SSSR count). The van der Waals surface area contributed by atoms with E-state index in [4.69, 9.17) is 32.4 Å². The first-order chi connectivity index (χ1) is 15.3. The number of anilines is 1. The highest BCUT2D eigenvalue weighted by Crippen LogP contribution is 2.44. The highest BCUT2D eigenvalue weighted by molar-refractivity contribution is 6.52. The molecule has 32 heavy (non-hydrogen) atoms. The van der Waals surface area contributed by atoms with E-state index in [1.54, 1.807) is 55.5 Å². The van der Waals surface area contributed by atoms with Gasteiger partial charge in [-0.15, -0.1) is 0 Å². The van der Waals surface area contributed by atoms with Crippen LogP contribution in [0.15, 0.2) is 64.6 Å². The van der Waals surface area contributed by atoms with Gasteiger partial charge in [0.2, 0.25) is 0 Å². The molecular formula is C24H19Cl2NO5. The smallest absolute Gasteiger partial charge is 0.300 e. The summed E-state index contributed by atoms with van der Waals surface area (Å²) in [7, 11) is 0. The normalized spacial score (nSPS) is 17.8. The average Bonchev–Trinajstić information content (AvgIpc) is 3.30. The fraction of sp³-hybridized carbons (Fsp3) is 0.167. The summed E-state index contributed by atoms with van der Waals surface area (Å²) < 4.78 is 11.3. The number of amides is 1. The molecule has 1 fully saturated rings. The van der Waals surface area contributed by atoms with E-state index < -0.39 is 23.5 Å². The second-order valence-corrected chi connectivity index (χ2v) is 8.02. The maximum atomic E-state index is 13.1. The molecule has 3 aromatic rings. The van der Waals surface area contributed by atoms with Gasteiger partial charge in [-0.1, -0.05) is 29.3 Å². The molecule has 6 nitrogen and oxygen atoms in total. The Hall–Kier alpha value is -3.22. The van der Waals surface area contributed by atoms with Gasteiger partial charge in [0, 0.05) is 16.3 Å². The van der Waals surface area contributed by atoms with Gasteiger partial charge in [-0.3, -0.25) is 14.5 Å². The zero-order valence-electron chi connectivity index (χ0n) is 17.3. The summed E-state index contributed by atoms with van der Waals surface area (Å²) in [6.45, 7) is 3.98. The van der Waals surface area contributed by atoms with Gasteiger partial charge in [-0.2, -0.15) is 0 Å². The van der Waals surface area contributed by atoms with Crippen molar-refractivity contribution in [1.82, 2.24) is 0 Å². The van der Waals surface area contributed by atoms with Crippen molar-refractivity contribution in [1.29, 1.82) is 0 Å². The molecule has 1 atom stereocenters. The molecular weight excluding hydrogens is 453 g/mol. The summed E-state index contributed by atoms with van der Waals surface area (Å²) in [5, 5.41) is 11.8. The van der Waals surface area contributed by atoms with Gasteiger partial charge in [0.05, 0.1) is 17.2 Å². The lowest BCUT2D eigenvalue weighted by molar-refractivity contribution is -0.132. The Balaban J connectivity index is 1.95. The number of nitrogens with zero attached hydrogens (tertiary/aromatic N) is 1. The number of Topliss-reactive ketones (excluding diaryl/α,β-unsaturated/α-hetero) is 1. The van der Waals surface area contributed by atoms with E-state index in [9.17, 15) is 14.7 Å². The number of ether oxygens (including phenoxy) is 1. The van der Waals surface area contributed by atoms with Gasteiger partial charge in [0.1, 0.15) is 29.1 Å². The quantitative estimate of drug-likeness (QED) is 0.283. The molecule has 2 aromatic carbocycles. The molecule has 1 saturated heterocycles. The number of ketones is 1. The Bertz CT molecular complexity index is 1250. The highest BCUT2D eigenvalue weighted by Gasteiger charge is 2.48. The van der Waals surface area contributed by atoms with Crippen molar-refractivity contribution in [2.45, 2.75) is 19.9 Å². The first-order valence-corrected chi connectivity index (χ1v) is 10.6. The summed E-state index contributed by atoms with van der Waals surface area (Å²) in [4.78, 5) is 27.5. The first-order valence-electron chi connectivity index (χ1n) is 9.87. The standard InChI is InChI=1S/C24H19Cl2NO5/c1-3-31-16-8-9-18(26)17(12-16)22(28)20-21(19-10-7-13(2)32-19)27(24(30)23(20)29)15-6-4-5-14(25)11-15/h4-12,21,28H,3H2,1-2H3/b22-20-. The summed E-state index contributed by atoms with van der Waals surface area (Å²) in [6, 6.07) is 13.7. The Kier molecular flexibility index (Phi) is 6.00. The van der Waals surface area contributed by atoms with Crippen LogP contribution in [0.25, 0.3) is 5.76 Å². The molecule has 1 aromatic heterocycles. The predicted molar refractivity (Wildman–Crippen MR) is 122 cm³/mol. The fourth-order valence-electron chi connectivity index (χ4n) is 3.68. The third-order valence-corrected chi connectivity index (χ3v) is 5.63. The van der Waals surface area contributed by atoms with Crippen LogP contribution in [0.1, 0.15) is 30.0 Å². The van der Waals surface area contributed by atoms with Crippen LogP contribution in [-0.4, -0.2) is 23.4 Å². The zero-order valence-corrected chi connectivity index (χ0v) is 18.8. The summed E-state index contributed by atoms with van der Waals surface area (Å²) in [5.41, 5.74) is 0.432. The Morgan fingerprint density at radius 1 is 1.12 bits per heavy atom. The SMILES string of the molecule is CCOc1ccc(Cl)c(/C(O)=C2/C(=O)C(=O)N(c3cccc(Cl)c3)C2c2ccc(C)o2)c1. The van der Waals surface area contributed by atoms with Gasteiger partial charge in [-0.05, 0) is 62.4 Å². The second kappa shape index (κ2) is 8.73. The molecule has 0 spiro atoms. The second-order valence-electron chi connectivity index (χ2n) is 7.17. The van der Waals surface area contributed by atoms with Crippen LogP contribution < -0.4 is 9.64 Å². The summed E-state index contributed by atoms with van der Waals surface area (Å²) in [5.74, 6) is -0.718. The Labute approximate surface area is 194 Å². The van der Waals surface area contributed by atoms with E-state index >= 15 is 0 Å². The molecule has 8 heteroatoms. The highest BCUT2D eigenvalue weighted by atomic mass is 35.5. The first kappa shape index (κ1) is 22.0. The van der Waals surface area contributed by atoms with Crippen molar-refractivity contribution in [3.05, 3.63) is 87.3 Å². The lowest BCUT2D eigenvalue weighted by Crippen LogP contribution is -2.29.